The van der Waals surface area contributed by atoms with E-state index >= 15 is 0 Å². The summed E-state index contributed by atoms with van der Waals surface area (Å²) in [5, 5.41) is 20.6. The molecule has 0 fully saturated rings. The van der Waals surface area contributed by atoms with Crippen molar-refractivity contribution in [3.8, 4) is 5.75 Å². The molecule has 0 amide bonds. The number of phenols is 1. The third-order valence-electron chi connectivity index (χ3n) is 5.13. The van der Waals surface area contributed by atoms with Gasteiger partial charge in [-0.25, -0.2) is 9.18 Å². The largest absolute Gasteiger partial charge is 0.508 e. The van der Waals surface area contributed by atoms with Crippen LogP contribution in [0, 0.1) is 5.82 Å². The van der Waals surface area contributed by atoms with E-state index < -0.39 is 41.8 Å². The number of nitrogens with two attached hydrogens (primary N) is 1. The minimum atomic E-state index is -5.06. The third kappa shape index (κ3) is 5.79. The van der Waals surface area contributed by atoms with Gasteiger partial charge in [0.25, 0.3) is 0 Å². The molecule has 0 aliphatic carbocycles. The summed E-state index contributed by atoms with van der Waals surface area (Å²) in [5.41, 5.74) is 1.48. The fourth-order valence-electron chi connectivity index (χ4n) is 3.58. The molecule has 1 unspecified atom stereocenters. The number of aromatic hydroxyl groups is 1. The molecular weight excluding hydrogens is 430 g/mol. The SMILES string of the molecule is COC(=O)c1ccc(/C=C(\N)CC(O)(CC(C)(C)c2cc(F)ccc2O)C(F)(F)F)cc1. The number of phenolic OH excluding ortho intramolecular Hbond substituents is 1. The van der Waals surface area contributed by atoms with Crippen molar-refractivity contribution in [2.75, 3.05) is 7.11 Å². The number of aliphatic hydroxyl groups is 1. The van der Waals surface area contributed by atoms with Crippen LogP contribution in [0.1, 0.15) is 48.2 Å². The van der Waals surface area contributed by atoms with Crippen LogP contribution < -0.4 is 5.73 Å². The van der Waals surface area contributed by atoms with Crippen molar-refractivity contribution < 1.29 is 37.3 Å². The quantitative estimate of drug-likeness (QED) is 0.417. The molecule has 2 aromatic carbocycles. The monoisotopic (exact) mass is 455 g/mol. The lowest BCUT2D eigenvalue weighted by molar-refractivity contribution is -0.266. The molecule has 0 radical (unpaired) electrons. The maximum atomic E-state index is 13.9. The lowest BCUT2D eigenvalue weighted by Gasteiger charge is -2.38. The smallest absolute Gasteiger partial charge is 0.417 e. The van der Waals surface area contributed by atoms with Gasteiger partial charge < -0.3 is 20.7 Å². The Morgan fingerprint density at radius 2 is 1.72 bits per heavy atom. The van der Waals surface area contributed by atoms with Gasteiger partial charge in [-0.05, 0) is 53.8 Å². The molecule has 0 aromatic heterocycles. The maximum absolute atomic E-state index is 13.9. The Morgan fingerprint density at radius 3 is 2.25 bits per heavy atom. The first kappa shape index (κ1) is 25.2. The van der Waals surface area contributed by atoms with Crippen LogP contribution in [0.5, 0.6) is 5.75 Å². The second-order valence-corrected chi connectivity index (χ2v) is 8.26. The Hall–Kier alpha value is -3.07. The molecule has 174 valence electrons. The zero-order chi connectivity index (χ0) is 24.3. The topological polar surface area (TPSA) is 92.8 Å². The van der Waals surface area contributed by atoms with Gasteiger partial charge in [-0.2, -0.15) is 13.2 Å². The number of hydrogen-bond acceptors (Lipinski definition) is 5. The highest BCUT2D eigenvalue weighted by Crippen LogP contribution is 2.45. The summed E-state index contributed by atoms with van der Waals surface area (Å²) in [5.74, 6) is -1.67. The molecule has 4 N–H and O–H groups in total. The van der Waals surface area contributed by atoms with Crippen LogP contribution in [-0.4, -0.2) is 35.1 Å². The number of hydrogen-bond donors (Lipinski definition) is 3. The fraction of sp³-hybridized carbons (Fsp3) is 0.348. The van der Waals surface area contributed by atoms with Crippen molar-refractivity contribution >= 4 is 12.0 Å². The van der Waals surface area contributed by atoms with Crippen molar-refractivity contribution in [2.45, 2.75) is 43.9 Å². The van der Waals surface area contributed by atoms with E-state index in [9.17, 15) is 32.6 Å². The third-order valence-corrected chi connectivity index (χ3v) is 5.13. The van der Waals surface area contributed by atoms with Gasteiger partial charge in [-0.1, -0.05) is 26.0 Å². The first-order chi connectivity index (χ1) is 14.7. The van der Waals surface area contributed by atoms with Crippen LogP contribution in [0.3, 0.4) is 0 Å². The highest BCUT2D eigenvalue weighted by atomic mass is 19.4. The number of rotatable bonds is 7. The molecule has 1 atom stereocenters. The molecule has 0 saturated carbocycles. The van der Waals surface area contributed by atoms with E-state index in [-0.39, 0.29) is 22.6 Å². The Balaban J connectivity index is 2.33. The average molecular weight is 455 g/mol. The first-order valence-electron chi connectivity index (χ1n) is 9.61. The number of carbonyl (C=O) groups is 1. The number of ether oxygens (including phenoxy) is 1. The van der Waals surface area contributed by atoms with E-state index in [0.29, 0.717) is 5.56 Å². The fourth-order valence-corrected chi connectivity index (χ4v) is 3.58. The molecule has 2 aromatic rings. The molecular formula is C23H25F4NO4. The molecule has 0 spiro atoms. The zero-order valence-electron chi connectivity index (χ0n) is 17.8. The Labute approximate surface area is 183 Å². The van der Waals surface area contributed by atoms with Gasteiger partial charge in [-0.15, -0.1) is 0 Å². The highest BCUT2D eigenvalue weighted by Gasteiger charge is 2.56. The molecule has 5 nitrogen and oxygen atoms in total. The van der Waals surface area contributed by atoms with Gasteiger partial charge in [0.15, 0.2) is 5.60 Å². The second kappa shape index (κ2) is 9.20. The van der Waals surface area contributed by atoms with E-state index in [1.165, 1.54) is 51.3 Å². The summed E-state index contributed by atoms with van der Waals surface area (Å²) >= 11 is 0. The lowest BCUT2D eigenvalue weighted by Crippen LogP contribution is -2.50. The van der Waals surface area contributed by atoms with Crippen LogP contribution in [0.4, 0.5) is 17.6 Å². The Morgan fingerprint density at radius 1 is 1.12 bits per heavy atom. The highest BCUT2D eigenvalue weighted by molar-refractivity contribution is 5.89. The molecule has 0 saturated heterocycles. The number of alkyl halides is 3. The van der Waals surface area contributed by atoms with Crippen molar-refractivity contribution in [3.63, 3.8) is 0 Å². The molecule has 2 rings (SSSR count). The molecule has 0 heterocycles. The summed E-state index contributed by atoms with van der Waals surface area (Å²) in [6, 6.07) is 8.77. The Bertz CT molecular complexity index is 1000. The summed E-state index contributed by atoms with van der Waals surface area (Å²) in [7, 11) is 1.22. The van der Waals surface area contributed by atoms with E-state index in [1.807, 2.05) is 0 Å². The van der Waals surface area contributed by atoms with Gasteiger partial charge in [0.2, 0.25) is 0 Å². The van der Waals surface area contributed by atoms with Gasteiger partial charge in [0.1, 0.15) is 11.6 Å². The number of benzene rings is 2. The van der Waals surface area contributed by atoms with Crippen molar-refractivity contribution in [1.82, 2.24) is 0 Å². The van der Waals surface area contributed by atoms with Crippen molar-refractivity contribution in [2.24, 2.45) is 5.73 Å². The number of methoxy groups -OCH3 is 1. The van der Waals surface area contributed by atoms with Crippen LogP contribution in [-0.2, 0) is 10.2 Å². The molecule has 0 aliphatic heterocycles. The second-order valence-electron chi connectivity index (χ2n) is 8.26. The predicted octanol–water partition coefficient (Wildman–Crippen LogP) is 4.67. The molecule has 0 aliphatic rings. The van der Waals surface area contributed by atoms with Crippen molar-refractivity contribution in [1.29, 1.82) is 0 Å². The summed E-state index contributed by atoms with van der Waals surface area (Å²) in [4.78, 5) is 11.5. The normalized spacial score (nSPS) is 14.7. The van der Waals surface area contributed by atoms with Crippen molar-refractivity contribution in [3.05, 3.63) is 70.7 Å². The molecule has 32 heavy (non-hydrogen) atoms. The molecule has 9 heteroatoms. The summed E-state index contributed by atoms with van der Waals surface area (Å²) < 4.78 is 59.9. The van der Waals surface area contributed by atoms with E-state index in [4.69, 9.17) is 5.73 Å². The minimum absolute atomic E-state index is 0.0684. The minimum Gasteiger partial charge on any atom is -0.508 e. The average Bonchev–Trinajstić information content (AvgIpc) is 2.68. The Kier molecular flexibility index (Phi) is 7.24. The predicted molar refractivity (Wildman–Crippen MR) is 111 cm³/mol. The first-order valence-corrected chi connectivity index (χ1v) is 9.61. The van der Waals surface area contributed by atoms with E-state index in [0.717, 1.165) is 18.2 Å². The van der Waals surface area contributed by atoms with Crippen LogP contribution in [0.2, 0.25) is 0 Å². The summed E-state index contributed by atoms with van der Waals surface area (Å²) in [6.07, 6.45) is -5.63. The number of carbonyl (C=O) groups excluding carboxylic acids is 1. The number of halogens is 4. The van der Waals surface area contributed by atoms with Crippen LogP contribution in [0.25, 0.3) is 6.08 Å². The van der Waals surface area contributed by atoms with Crippen LogP contribution in [0.15, 0.2) is 48.2 Å². The molecule has 0 bridgehead atoms. The van der Waals surface area contributed by atoms with Gasteiger partial charge >= 0.3 is 12.1 Å². The van der Waals surface area contributed by atoms with Gasteiger partial charge in [0, 0.05) is 17.7 Å². The van der Waals surface area contributed by atoms with E-state index in [1.54, 1.807) is 0 Å². The zero-order valence-corrected chi connectivity index (χ0v) is 17.8. The number of esters is 1. The van der Waals surface area contributed by atoms with Gasteiger partial charge in [-0.3, -0.25) is 0 Å². The summed E-state index contributed by atoms with van der Waals surface area (Å²) in [6.45, 7) is 2.73. The standard InChI is InChI=1S/C23H25F4NO4/c1-21(2,18-11-16(24)8-9-19(18)29)13-22(31,23(25,26)27)12-17(28)10-14-4-6-15(7-5-14)20(30)32-3/h4-11,29,31H,12-13,28H2,1-3H3/b17-10-. The lowest BCUT2D eigenvalue weighted by atomic mass is 9.73. The maximum Gasteiger partial charge on any atom is 0.417 e. The van der Waals surface area contributed by atoms with E-state index in [2.05, 4.69) is 4.74 Å². The van der Waals surface area contributed by atoms with Gasteiger partial charge in [0.05, 0.1) is 12.7 Å². The van der Waals surface area contributed by atoms with Crippen LogP contribution >= 0.6 is 0 Å².